The highest BCUT2D eigenvalue weighted by atomic mass is 16.3. The van der Waals surface area contributed by atoms with Crippen molar-refractivity contribution in [2.45, 2.75) is 0 Å². The van der Waals surface area contributed by atoms with Gasteiger partial charge >= 0.3 is 0 Å². The molecule has 0 N–H and O–H groups in total. The van der Waals surface area contributed by atoms with Gasteiger partial charge in [0.15, 0.2) is 0 Å². The first-order valence-corrected chi connectivity index (χ1v) is 16.0. The second kappa shape index (κ2) is 10.1. The van der Waals surface area contributed by atoms with Crippen molar-refractivity contribution in [3.05, 3.63) is 170 Å². The van der Waals surface area contributed by atoms with E-state index < -0.39 is 0 Å². The number of nitrogens with zero attached hydrogens (tertiary/aromatic N) is 2. The zero-order valence-electron chi connectivity index (χ0n) is 25.5. The van der Waals surface area contributed by atoms with Crippen LogP contribution in [-0.4, -0.2) is 4.57 Å². The van der Waals surface area contributed by atoms with Crippen LogP contribution in [0.3, 0.4) is 0 Å². The highest BCUT2D eigenvalue weighted by Crippen LogP contribution is 2.48. The summed E-state index contributed by atoms with van der Waals surface area (Å²) < 4.78 is 8.73. The summed E-state index contributed by atoms with van der Waals surface area (Å²) in [6.45, 7) is 0. The molecular weight excluding hydrogens is 572 g/mol. The van der Waals surface area contributed by atoms with Gasteiger partial charge < -0.3 is 13.9 Å². The quantitative estimate of drug-likeness (QED) is 0.200. The molecule has 10 rings (SSSR count). The van der Waals surface area contributed by atoms with E-state index in [-0.39, 0.29) is 0 Å². The number of fused-ring (bicyclic) bond motifs is 8. The molecule has 10 aromatic rings. The van der Waals surface area contributed by atoms with Gasteiger partial charge in [0, 0.05) is 44.0 Å². The van der Waals surface area contributed by atoms with E-state index in [1.807, 2.05) is 12.1 Å². The van der Waals surface area contributed by atoms with Gasteiger partial charge in [0.2, 0.25) is 0 Å². The van der Waals surface area contributed by atoms with Crippen LogP contribution < -0.4 is 4.90 Å². The summed E-state index contributed by atoms with van der Waals surface area (Å²) in [5, 5.41) is 9.50. The largest absolute Gasteiger partial charge is 0.456 e. The number of aromatic nitrogens is 1. The van der Waals surface area contributed by atoms with Crippen molar-refractivity contribution in [1.82, 2.24) is 4.57 Å². The lowest BCUT2D eigenvalue weighted by atomic mass is 10.0. The molecule has 0 aliphatic heterocycles. The summed E-state index contributed by atoms with van der Waals surface area (Å²) in [6, 6.07) is 60.9. The molecule has 3 heteroatoms. The Morgan fingerprint density at radius 3 is 1.96 bits per heavy atom. The lowest BCUT2D eigenvalue weighted by Gasteiger charge is -2.28. The topological polar surface area (TPSA) is 21.3 Å². The van der Waals surface area contributed by atoms with Crippen molar-refractivity contribution in [2.75, 3.05) is 4.90 Å². The van der Waals surface area contributed by atoms with Gasteiger partial charge in [-0.2, -0.15) is 0 Å². The molecule has 0 amide bonds. The van der Waals surface area contributed by atoms with E-state index in [1.165, 1.54) is 43.4 Å². The highest BCUT2D eigenvalue weighted by molar-refractivity contribution is 6.22. The minimum Gasteiger partial charge on any atom is -0.456 e. The second-order valence-electron chi connectivity index (χ2n) is 12.2. The SMILES string of the molecule is c1ccc(N(c2ccc3oc4ccccc4c3c2)c2c3ccccc3cc3c4ccccc4n(-c4ccc5ccccc5c4)c23)cc1. The molecule has 0 spiro atoms. The molecule has 8 aromatic carbocycles. The van der Waals surface area contributed by atoms with E-state index in [0.717, 1.165) is 44.7 Å². The molecule has 0 radical (unpaired) electrons. The number of hydrogen-bond acceptors (Lipinski definition) is 2. The number of benzene rings is 8. The summed E-state index contributed by atoms with van der Waals surface area (Å²) in [5.74, 6) is 0. The standard InChI is InChI=1S/C44H28N2O/c1-2-15-32(16-3-1)45(34-24-25-42-38(28-34)37-19-9-11-21-41(37)47-42)43-35-17-7-6-14-31(35)27-39-36-18-8-10-20-40(36)46(44(39)43)33-23-22-29-12-4-5-13-30(29)26-33/h1-28H. The number of furan rings is 1. The van der Waals surface area contributed by atoms with Crippen LogP contribution in [0.25, 0.3) is 71.0 Å². The zero-order chi connectivity index (χ0) is 30.9. The Morgan fingerprint density at radius 1 is 0.404 bits per heavy atom. The molecule has 2 aromatic heterocycles. The molecule has 47 heavy (non-hydrogen) atoms. The molecule has 2 heterocycles. The summed E-state index contributed by atoms with van der Waals surface area (Å²) in [7, 11) is 0. The van der Waals surface area contributed by atoms with E-state index in [4.69, 9.17) is 4.42 Å². The summed E-state index contributed by atoms with van der Waals surface area (Å²) in [4.78, 5) is 2.43. The van der Waals surface area contributed by atoms with Crippen molar-refractivity contribution in [3.63, 3.8) is 0 Å². The van der Waals surface area contributed by atoms with Crippen LogP contribution in [0.1, 0.15) is 0 Å². The Morgan fingerprint density at radius 2 is 1.09 bits per heavy atom. The molecular formula is C44H28N2O. The van der Waals surface area contributed by atoms with Crippen molar-refractivity contribution < 1.29 is 4.42 Å². The van der Waals surface area contributed by atoms with Gasteiger partial charge in [-0.15, -0.1) is 0 Å². The molecule has 0 fully saturated rings. The lowest BCUT2D eigenvalue weighted by Crippen LogP contribution is -2.12. The monoisotopic (exact) mass is 600 g/mol. The first-order chi connectivity index (χ1) is 23.3. The Hall–Kier alpha value is -6.32. The molecule has 0 atom stereocenters. The van der Waals surface area contributed by atoms with Crippen molar-refractivity contribution in [1.29, 1.82) is 0 Å². The first kappa shape index (κ1) is 26.0. The van der Waals surface area contributed by atoms with Crippen LogP contribution >= 0.6 is 0 Å². The van der Waals surface area contributed by atoms with Crippen LogP contribution in [0.15, 0.2) is 174 Å². The fourth-order valence-electron chi connectivity index (χ4n) is 7.41. The molecule has 0 bridgehead atoms. The van der Waals surface area contributed by atoms with Gasteiger partial charge in [0.05, 0.1) is 16.7 Å². The van der Waals surface area contributed by atoms with E-state index >= 15 is 0 Å². The molecule has 0 aliphatic rings. The summed E-state index contributed by atoms with van der Waals surface area (Å²) in [6.07, 6.45) is 0. The average molecular weight is 601 g/mol. The van der Waals surface area contributed by atoms with E-state index in [2.05, 4.69) is 167 Å². The zero-order valence-corrected chi connectivity index (χ0v) is 25.5. The predicted molar refractivity (Wildman–Crippen MR) is 198 cm³/mol. The van der Waals surface area contributed by atoms with Crippen molar-refractivity contribution in [2.24, 2.45) is 0 Å². The van der Waals surface area contributed by atoms with Crippen LogP contribution in [0, 0.1) is 0 Å². The third-order valence-corrected chi connectivity index (χ3v) is 9.50. The molecule has 3 nitrogen and oxygen atoms in total. The van der Waals surface area contributed by atoms with Gasteiger partial charge in [0.1, 0.15) is 11.2 Å². The van der Waals surface area contributed by atoms with Gasteiger partial charge in [-0.05, 0) is 76.8 Å². The molecule has 0 saturated carbocycles. The summed E-state index contributed by atoms with van der Waals surface area (Å²) >= 11 is 0. The normalized spacial score (nSPS) is 11.8. The Bertz CT molecular complexity index is 2810. The first-order valence-electron chi connectivity index (χ1n) is 16.0. The number of anilines is 3. The number of para-hydroxylation sites is 3. The fraction of sp³-hybridized carbons (Fsp3) is 0. The Labute approximate surface area is 271 Å². The predicted octanol–water partition coefficient (Wildman–Crippen LogP) is 12.5. The van der Waals surface area contributed by atoms with Gasteiger partial charge in [0.25, 0.3) is 0 Å². The number of rotatable bonds is 4. The van der Waals surface area contributed by atoms with Crippen molar-refractivity contribution in [3.8, 4) is 5.69 Å². The van der Waals surface area contributed by atoms with E-state index in [0.29, 0.717) is 0 Å². The summed E-state index contributed by atoms with van der Waals surface area (Å²) in [5.41, 5.74) is 8.57. The van der Waals surface area contributed by atoms with E-state index in [1.54, 1.807) is 0 Å². The lowest BCUT2D eigenvalue weighted by molar-refractivity contribution is 0.669. The third-order valence-electron chi connectivity index (χ3n) is 9.50. The Kier molecular flexibility index (Phi) is 5.57. The minimum absolute atomic E-state index is 0.885. The average Bonchev–Trinajstić information content (AvgIpc) is 3.67. The molecule has 0 unspecified atom stereocenters. The maximum Gasteiger partial charge on any atom is 0.135 e. The smallest absolute Gasteiger partial charge is 0.135 e. The molecule has 0 aliphatic carbocycles. The van der Waals surface area contributed by atoms with Gasteiger partial charge in [-0.25, -0.2) is 0 Å². The maximum absolute atomic E-state index is 6.27. The van der Waals surface area contributed by atoms with Gasteiger partial charge in [-0.3, -0.25) is 0 Å². The van der Waals surface area contributed by atoms with Crippen LogP contribution in [0.5, 0.6) is 0 Å². The maximum atomic E-state index is 6.27. The van der Waals surface area contributed by atoms with Gasteiger partial charge in [-0.1, -0.05) is 109 Å². The van der Waals surface area contributed by atoms with Crippen molar-refractivity contribution >= 4 is 82.4 Å². The van der Waals surface area contributed by atoms with Crippen LogP contribution in [0.4, 0.5) is 17.1 Å². The molecule has 220 valence electrons. The van der Waals surface area contributed by atoms with Crippen LogP contribution in [0.2, 0.25) is 0 Å². The van der Waals surface area contributed by atoms with E-state index in [9.17, 15) is 0 Å². The number of hydrogen-bond donors (Lipinski definition) is 0. The minimum atomic E-state index is 0.885. The highest BCUT2D eigenvalue weighted by Gasteiger charge is 2.25. The van der Waals surface area contributed by atoms with Crippen LogP contribution in [-0.2, 0) is 0 Å². The fourth-order valence-corrected chi connectivity index (χ4v) is 7.41. The second-order valence-corrected chi connectivity index (χ2v) is 12.2. The molecule has 0 saturated heterocycles. The third kappa shape index (κ3) is 3.93. The Balaban J connectivity index is 1.38.